The molecule has 0 amide bonds. The Kier molecular flexibility index (Phi) is 3.43. The lowest BCUT2D eigenvalue weighted by Crippen LogP contribution is -2.10. The van der Waals surface area contributed by atoms with Crippen LogP contribution in [0.3, 0.4) is 0 Å². The lowest BCUT2D eigenvalue weighted by atomic mass is 10.4. The van der Waals surface area contributed by atoms with Gasteiger partial charge in [0.05, 0.1) is 12.0 Å². The number of aryl methyl sites for hydroxylation is 1. The van der Waals surface area contributed by atoms with Crippen LogP contribution in [0.5, 0.6) is 0 Å². The number of nitrogens with one attached hydrogen (secondary N) is 1. The van der Waals surface area contributed by atoms with Crippen molar-refractivity contribution < 1.29 is 4.42 Å². The SMILES string of the molecule is Cc1cnc(NN)nc1SCc1ccco1. The molecule has 0 aromatic carbocycles. The Balaban J connectivity index is 2.08. The largest absolute Gasteiger partial charge is 0.468 e. The van der Waals surface area contributed by atoms with Crippen molar-refractivity contribution in [3.63, 3.8) is 0 Å². The van der Waals surface area contributed by atoms with Gasteiger partial charge in [0, 0.05) is 6.20 Å². The first-order chi connectivity index (χ1) is 7.79. The van der Waals surface area contributed by atoms with Crippen LogP contribution in [0.4, 0.5) is 5.95 Å². The van der Waals surface area contributed by atoms with E-state index < -0.39 is 0 Å². The number of hydrogen-bond donors (Lipinski definition) is 2. The molecule has 0 aliphatic heterocycles. The zero-order chi connectivity index (χ0) is 11.4. The third-order valence-corrected chi connectivity index (χ3v) is 3.10. The van der Waals surface area contributed by atoms with Gasteiger partial charge in [0.15, 0.2) is 0 Å². The lowest BCUT2D eigenvalue weighted by Gasteiger charge is -2.05. The number of anilines is 1. The summed E-state index contributed by atoms with van der Waals surface area (Å²) in [5.41, 5.74) is 3.45. The van der Waals surface area contributed by atoms with Crippen molar-refractivity contribution >= 4 is 17.7 Å². The molecule has 2 aromatic heterocycles. The van der Waals surface area contributed by atoms with Crippen LogP contribution in [0.25, 0.3) is 0 Å². The third kappa shape index (κ3) is 2.53. The van der Waals surface area contributed by atoms with Crippen LogP contribution in [-0.4, -0.2) is 9.97 Å². The highest BCUT2D eigenvalue weighted by Crippen LogP contribution is 2.24. The first-order valence-electron chi connectivity index (χ1n) is 4.75. The fourth-order valence-electron chi connectivity index (χ4n) is 1.18. The quantitative estimate of drug-likeness (QED) is 0.366. The minimum atomic E-state index is 0.424. The molecule has 2 aromatic rings. The van der Waals surface area contributed by atoms with E-state index >= 15 is 0 Å². The molecule has 0 fully saturated rings. The predicted octanol–water partition coefficient (Wildman–Crippen LogP) is 1.96. The fourth-order valence-corrected chi connectivity index (χ4v) is 2.05. The van der Waals surface area contributed by atoms with Crippen molar-refractivity contribution in [3.05, 3.63) is 35.9 Å². The molecule has 2 heterocycles. The molecule has 0 atom stereocenters. The van der Waals surface area contributed by atoms with E-state index in [2.05, 4.69) is 15.4 Å². The highest BCUT2D eigenvalue weighted by Gasteiger charge is 2.05. The molecule has 0 saturated heterocycles. The molecule has 6 heteroatoms. The Hall–Kier alpha value is -1.53. The molecule has 0 aliphatic carbocycles. The summed E-state index contributed by atoms with van der Waals surface area (Å²) >= 11 is 1.59. The molecule has 0 saturated carbocycles. The Morgan fingerprint density at radius 2 is 2.44 bits per heavy atom. The van der Waals surface area contributed by atoms with Crippen LogP contribution in [0, 0.1) is 6.92 Å². The summed E-state index contributed by atoms with van der Waals surface area (Å²) in [5, 5.41) is 0.902. The van der Waals surface area contributed by atoms with Gasteiger partial charge in [-0.25, -0.2) is 15.8 Å². The number of aromatic nitrogens is 2. The standard InChI is InChI=1S/C10H12N4OS/c1-7-5-12-10(14-11)13-9(7)16-6-8-3-2-4-15-8/h2-5H,6,11H2,1H3,(H,12,13,14). The van der Waals surface area contributed by atoms with Gasteiger partial charge in [-0.2, -0.15) is 0 Å². The summed E-state index contributed by atoms with van der Waals surface area (Å²) in [6, 6.07) is 3.81. The summed E-state index contributed by atoms with van der Waals surface area (Å²) < 4.78 is 5.25. The topological polar surface area (TPSA) is 77.0 Å². The van der Waals surface area contributed by atoms with E-state index in [1.807, 2.05) is 19.1 Å². The van der Waals surface area contributed by atoms with Crippen LogP contribution in [-0.2, 0) is 5.75 Å². The zero-order valence-corrected chi connectivity index (χ0v) is 9.62. The maximum Gasteiger partial charge on any atom is 0.238 e. The normalized spacial score (nSPS) is 10.4. The zero-order valence-electron chi connectivity index (χ0n) is 8.80. The summed E-state index contributed by atoms with van der Waals surface area (Å²) in [4.78, 5) is 8.28. The number of hydrazine groups is 1. The Morgan fingerprint density at radius 1 is 1.56 bits per heavy atom. The van der Waals surface area contributed by atoms with E-state index in [0.717, 1.165) is 22.1 Å². The molecular formula is C10H12N4OS. The summed E-state index contributed by atoms with van der Waals surface area (Å²) in [6.45, 7) is 1.96. The number of nitrogens with zero attached hydrogens (tertiary/aromatic N) is 2. The van der Waals surface area contributed by atoms with E-state index in [0.29, 0.717) is 5.95 Å². The van der Waals surface area contributed by atoms with Gasteiger partial charge < -0.3 is 4.42 Å². The Morgan fingerprint density at radius 3 is 3.12 bits per heavy atom. The highest BCUT2D eigenvalue weighted by atomic mass is 32.2. The van der Waals surface area contributed by atoms with Crippen LogP contribution in [0.2, 0.25) is 0 Å². The molecule has 0 unspecified atom stereocenters. The number of nitrogen functional groups attached to an aromatic ring is 1. The van der Waals surface area contributed by atoms with Crippen molar-refractivity contribution in [3.8, 4) is 0 Å². The van der Waals surface area contributed by atoms with Gasteiger partial charge in [0.1, 0.15) is 10.8 Å². The average Bonchev–Trinajstić information content (AvgIpc) is 2.81. The summed E-state index contributed by atoms with van der Waals surface area (Å²) in [7, 11) is 0. The fraction of sp³-hybridized carbons (Fsp3) is 0.200. The molecule has 0 spiro atoms. The maximum atomic E-state index is 5.26. The van der Waals surface area contributed by atoms with Crippen molar-refractivity contribution in [1.82, 2.24) is 9.97 Å². The van der Waals surface area contributed by atoms with Gasteiger partial charge in [0.25, 0.3) is 0 Å². The van der Waals surface area contributed by atoms with Gasteiger partial charge >= 0.3 is 0 Å². The first kappa shape index (κ1) is 11.0. The van der Waals surface area contributed by atoms with E-state index in [1.54, 1.807) is 24.2 Å². The molecular weight excluding hydrogens is 224 g/mol. The Labute approximate surface area is 97.4 Å². The predicted molar refractivity (Wildman–Crippen MR) is 62.8 cm³/mol. The van der Waals surface area contributed by atoms with Crippen LogP contribution >= 0.6 is 11.8 Å². The third-order valence-electron chi connectivity index (χ3n) is 1.99. The maximum absolute atomic E-state index is 5.26. The van der Waals surface area contributed by atoms with Crippen molar-refractivity contribution in [1.29, 1.82) is 0 Å². The molecule has 5 nitrogen and oxygen atoms in total. The minimum Gasteiger partial charge on any atom is -0.468 e. The van der Waals surface area contributed by atoms with E-state index in [1.165, 1.54) is 0 Å². The van der Waals surface area contributed by atoms with Gasteiger partial charge in [-0.15, -0.1) is 0 Å². The van der Waals surface area contributed by atoms with Gasteiger partial charge in [-0.3, -0.25) is 5.43 Å². The van der Waals surface area contributed by atoms with Crippen molar-refractivity contribution in [2.45, 2.75) is 17.7 Å². The number of furan rings is 1. The van der Waals surface area contributed by atoms with E-state index in [9.17, 15) is 0 Å². The van der Waals surface area contributed by atoms with E-state index in [4.69, 9.17) is 10.3 Å². The smallest absolute Gasteiger partial charge is 0.238 e. The second-order valence-corrected chi connectivity index (χ2v) is 4.16. The molecule has 0 bridgehead atoms. The van der Waals surface area contributed by atoms with Crippen LogP contribution in [0.1, 0.15) is 11.3 Å². The second kappa shape index (κ2) is 5.00. The monoisotopic (exact) mass is 236 g/mol. The summed E-state index contributed by atoms with van der Waals surface area (Å²) in [5.74, 6) is 7.35. The highest BCUT2D eigenvalue weighted by molar-refractivity contribution is 7.98. The molecule has 16 heavy (non-hydrogen) atoms. The number of nitrogens with two attached hydrogens (primary N) is 1. The molecule has 84 valence electrons. The second-order valence-electron chi connectivity index (χ2n) is 3.19. The lowest BCUT2D eigenvalue weighted by molar-refractivity contribution is 0.530. The average molecular weight is 236 g/mol. The first-order valence-corrected chi connectivity index (χ1v) is 5.73. The molecule has 2 rings (SSSR count). The van der Waals surface area contributed by atoms with Gasteiger partial charge in [-0.05, 0) is 24.6 Å². The number of hydrogen-bond acceptors (Lipinski definition) is 6. The molecule has 0 radical (unpaired) electrons. The van der Waals surface area contributed by atoms with Gasteiger partial charge in [-0.1, -0.05) is 11.8 Å². The summed E-state index contributed by atoms with van der Waals surface area (Å²) in [6.07, 6.45) is 3.41. The van der Waals surface area contributed by atoms with Crippen LogP contribution in [0.15, 0.2) is 34.0 Å². The Bertz CT molecular complexity index is 458. The van der Waals surface area contributed by atoms with Gasteiger partial charge in [0.2, 0.25) is 5.95 Å². The number of thioether (sulfide) groups is 1. The van der Waals surface area contributed by atoms with Crippen molar-refractivity contribution in [2.75, 3.05) is 5.43 Å². The van der Waals surface area contributed by atoms with E-state index in [-0.39, 0.29) is 0 Å². The minimum absolute atomic E-state index is 0.424. The van der Waals surface area contributed by atoms with Crippen molar-refractivity contribution in [2.24, 2.45) is 5.84 Å². The molecule has 0 aliphatic rings. The number of rotatable bonds is 4. The van der Waals surface area contributed by atoms with Crippen LogP contribution < -0.4 is 11.3 Å². The molecule has 3 N–H and O–H groups in total.